The summed E-state index contributed by atoms with van der Waals surface area (Å²) >= 11 is 0. The van der Waals surface area contributed by atoms with E-state index in [0.29, 0.717) is 11.3 Å². The normalized spacial score (nSPS) is 15.5. The van der Waals surface area contributed by atoms with Crippen LogP contribution in [-0.4, -0.2) is 17.9 Å². The van der Waals surface area contributed by atoms with Crippen LogP contribution in [0.1, 0.15) is 53.8 Å². The second kappa shape index (κ2) is 8.52. The summed E-state index contributed by atoms with van der Waals surface area (Å²) in [5.74, 6) is -0.0848. The van der Waals surface area contributed by atoms with Crippen molar-refractivity contribution >= 4 is 17.9 Å². The Morgan fingerprint density at radius 1 is 1.08 bits per heavy atom. The van der Waals surface area contributed by atoms with Gasteiger partial charge in [0, 0.05) is 17.7 Å². The number of carbonyl (C=O) groups excluding carboxylic acids is 2. The van der Waals surface area contributed by atoms with Crippen LogP contribution in [0.5, 0.6) is 0 Å². The van der Waals surface area contributed by atoms with Crippen molar-refractivity contribution in [3.05, 3.63) is 65.2 Å². The molecule has 1 aromatic carbocycles. The molecule has 0 aliphatic heterocycles. The van der Waals surface area contributed by atoms with E-state index in [1.54, 1.807) is 30.3 Å². The molecule has 1 saturated carbocycles. The molecule has 2 N–H and O–H groups in total. The third kappa shape index (κ3) is 4.85. The zero-order chi connectivity index (χ0) is 18.4. The minimum atomic E-state index is -0.318. The lowest BCUT2D eigenvalue weighted by Crippen LogP contribution is -2.41. The molecule has 0 spiro atoms. The molecule has 2 aromatic rings. The fourth-order valence-electron chi connectivity index (χ4n) is 3.08. The molecule has 1 fully saturated rings. The SMILES string of the molecule is Cc1ccc(C(=O)NC(=Cc2ccco2)C(=O)NC2CCCCC2)cc1. The first kappa shape index (κ1) is 18.0. The summed E-state index contributed by atoms with van der Waals surface area (Å²) in [6.07, 6.45) is 8.51. The highest BCUT2D eigenvalue weighted by atomic mass is 16.3. The van der Waals surface area contributed by atoms with Crippen LogP contribution in [0.4, 0.5) is 0 Å². The van der Waals surface area contributed by atoms with E-state index in [1.165, 1.54) is 12.7 Å². The van der Waals surface area contributed by atoms with E-state index in [-0.39, 0.29) is 23.6 Å². The van der Waals surface area contributed by atoms with Crippen molar-refractivity contribution in [2.45, 2.75) is 45.1 Å². The Balaban J connectivity index is 1.75. The Bertz CT molecular complexity index is 770. The summed E-state index contributed by atoms with van der Waals surface area (Å²) in [5, 5.41) is 5.76. The molecular formula is C21H24N2O3. The molecule has 1 aliphatic rings. The average Bonchev–Trinajstić information content (AvgIpc) is 3.15. The molecule has 26 heavy (non-hydrogen) atoms. The number of hydrogen-bond donors (Lipinski definition) is 2. The van der Waals surface area contributed by atoms with Crippen LogP contribution in [-0.2, 0) is 4.79 Å². The summed E-state index contributed by atoms with van der Waals surface area (Å²) in [4.78, 5) is 25.3. The number of amides is 2. The van der Waals surface area contributed by atoms with Gasteiger partial charge in [0.25, 0.3) is 11.8 Å². The summed E-state index contributed by atoms with van der Waals surface area (Å²) in [6.45, 7) is 1.96. The average molecular weight is 352 g/mol. The van der Waals surface area contributed by atoms with Crippen molar-refractivity contribution in [2.24, 2.45) is 0 Å². The third-order valence-electron chi connectivity index (χ3n) is 4.58. The minimum Gasteiger partial charge on any atom is -0.465 e. The van der Waals surface area contributed by atoms with Crippen LogP contribution >= 0.6 is 0 Å². The quantitative estimate of drug-likeness (QED) is 0.804. The van der Waals surface area contributed by atoms with Gasteiger partial charge in [0.15, 0.2) is 0 Å². The van der Waals surface area contributed by atoms with Gasteiger partial charge >= 0.3 is 0 Å². The molecule has 136 valence electrons. The summed E-state index contributed by atoms with van der Waals surface area (Å²) < 4.78 is 5.30. The molecular weight excluding hydrogens is 328 g/mol. The Kier molecular flexibility index (Phi) is 5.89. The second-order valence-electron chi connectivity index (χ2n) is 6.70. The maximum atomic E-state index is 12.7. The van der Waals surface area contributed by atoms with Crippen molar-refractivity contribution in [3.63, 3.8) is 0 Å². The lowest BCUT2D eigenvalue weighted by Gasteiger charge is -2.23. The minimum absolute atomic E-state index is 0.160. The van der Waals surface area contributed by atoms with Gasteiger partial charge in [-0.25, -0.2) is 0 Å². The van der Waals surface area contributed by atoms with E-state index in [0.717, 1.165) is 31.2 Å². The molecule has 1 aliphatic carbocycles. The molecule has 5 heteroatoms. The fourth-order valence-corrected chi connectivity index (χ4v) is 3.08. The molecule has 1 aromatic heterocycles. The number of carbonyl (C=O) groups is 2. The predicted molar refractivity (Wildman–Crippen MR) is 100 cm³/mol. The standard InChI is InChI=1S/C21H24N2O3/c1-15-9-11-16(12-10-15)20(24)23-19(14-18-8-5-13-26-18)21(25)22-17-6-3-2-4-7-17/h5,8-14,17H,2-4,6-7H2,1H3,(H,22,25)(H,23,24). The molecule has 1 heterocycles. The zero-order valence-corrected chi connectivity index (χ0v) is 15.0. The van der Waals surface area contributed by atoms with Crippen LogP contribution in [0.15, 0.2) is 52.8 Å². The van der Waals surface area contributed by atoms with Crippen LogP contribution in [0.3, 0.4) is 0 Å². The number of benzene rings is 1. The van der Waals surface area contributed by atoms with E-state index in [4.69, 9.17) is 4.42 Å². The van der Waals surface area contributed by atoms with Gasteiger partial charge in [-0.15, -0.1) is 0 Å². The summed E-state index contributed by atoms with van der Waals surface area (Å²) in [5.41, 5.74) is 1.77. The number of aryl methyl sites for hydroxylation is 1. The van der Waals surface area contributed by atoms with Gasteiger partial charge in [0.1, 0.15) is 11.5 Å². The Morgan fingerprint density at radius 3 is 2.46 bits per heavy atom. The van der Waals surface area contributed by atoms with Gasteiger partial charge in [-0.1, -0.05) is 37.0 Å². The van der Waals surface area contributed by atoms with Crippen molar-refractivity contribution in [1.29, 1.82) is 0 Å². The molecule has 5 nitrogen and oxygen atoms in total. The highest BCUT2D eigenvalue weighted by Gasteiger charge is 2.20. The van der Waals surface area contributed by atoms with Crippen molar-refractivity contribution < 1.29 is 14.0 Å². The van der Waals surface area contributed by atoms with E-state index in [2.05, 4.69) is 10.6 Å². The topological polar surface area (TPSA) is 71.3 Å². The molecule has 0 radical (unpaired) electrons. The number of furan rings is 1. The molecule has 0 saturated heterocycles. The van der Waals surface area contributed by atoms with Crippen LogP contribution in [0.2, 0.25) is 0 Å². The van der Waals surface area contributed by atoms with Gasteiger partial charge < -0.3 is 15.1 Å². The molecule has 2 amide bonds. The lowest BCUT2D eigenvalue weighted by atomic mass is 9.95. The van der Waals surface area contributed by atoms with E-state index in [1.807, 2.05) is 19.1 Å². The number of hydrogen-bond acceptors (Lipinski definition) is 3. The molecule has 0 bridgehead atoms. The third-order valence-corrected chi connectivity index (χ3v) is 4.58. The van der Waals surface area contributed by atoms with Crippen LogP contribution in [0, 0.1) is 6.92 Å². The molecule has 3 rings (SSSR count). The Labute approximate surface area is 153 Å². The zero-order valence-electron chi connectivity index (χ0n) is 15.0. The lowest BCUT2D eigenvalue weighted by molar-refractivity contribution is -0.118. The maximum Gasteiger partial charge on any atom is 0.268 e. The van der Waals surface area contributed by atoms with Crippen molar-refractivity contribution in [2.75, 3.05) is 0 Å². The monoisotopic (exact) mass is 352 g/mol. The molecule has 0 atom stereocenters. The number of rotatable bonds is 5. The second-order valence-corrected chi connectivity index (χ2v) is 6.70. The fraction of sp³-hybridized carbons (Fsp3) is 0.333. The van der Waals surface area contributed by atoms with Crippen molar-refractivity contribution in [3.8, 4) is 0 Å². The Morgan fingerprint density at radius 2 is 1.81 bits per heavy atom. The van der Waals surface area contributed by atoms with Crippen LogP contribution in [0.25, 0.3) is 6.08 Å². The molecule has 0 unspecified atom stereocenters. The first-order chi connectivity index (χ1) is 12.6. The van der Waals surface area contributed by atoms with E-state index in [9.17, 15) is 9.59 Å². The largest absolute Gasteiger partial charge is 0.465 e. The maximum absolute atomic E-state index is 12.7. The first-order valence-electron chi connectivity index (χ1n) is 9.06. The van der Waals surface area contributed by atoms with Crippen molar-refractivity contribution in [1.82, 2.24) is 10.6 Å². The highest BCUT2D eigenvalue weighted by Crippen LogP contribution is 2.18. The van der Waals surface area contributed by atoms with Gasteiger partial charge in [-0.2, -0.15) is 0 Å². The van der Waals surface area contributed by atoms with Crippen LogP contribution < -0.4 is 10.6 Å². The highest BCUT2D eigenvalue weighted by molar-refractivity contribution is 6.05. The van der Waals surface area contributed by atoms with Gasteiger partial charge in [-0.3, -0.25) is 9.59 Å². The van der Waals surface area contributed by atoms with Gasteiger partial charge in [0.2, 0.25) is 0 Å². The summed E-state index contributed by atoms with van der Waals surface area (Å²) in [7, 11) is 0. The summed E-state index contributed by atoms with van der Waals surface area (Å²) in [6, 6.07) is 10.9. The Hall–Kier alpha value is -2.82. The van der Waals surface area contributed by atoms with E-state index < -0.39 is 0 Å². The predicted octanol–water partition coefficient (Wildman–Crippen LogP) is 3.81. The van der Waals surface area contributed by atoms with E-state index >= 15 is 0 Å². The van der Waals surface area contributed by atoms with Gasteiger partial charge in [-0.05, 0) is 44.0 Å². The smallest absolute Gasteiger partial charge is 0.268 e. The first-order valence-corrected chi connectivity index (χ1v) is 9.06. The van der Waals surface area contributed by atoms with Gasteiger partial charge in [0.05, 0.1) is 6.26 Å². The number of nitrogens with one attached hydrogen (secondary N) is 2.